The molecule has 0 aromatic carbocycles. The summed E-state index contributed by atoms with van der Waals surface area (Å²) >= 11 is 0. The summed E-state index contributed by atoms with van der Waals surface area (Å²) in [6.07, 6.45) is -0.437. The van der Waals surface area contributed by atoms with Crippen LogP contribution in [0.15, 0.2) is 12.5 Å². The molecule has 2 rings (SSSR count). The van der Waals surface area contributed by atoms with Crippen molar-refractivity contribution >= 4 is 36.3 Å². The summed E-state index contributed by atoms with van der Waals surface area (Å²) < 4.78 is 16.4. The predicted octanol–water partition coefficient (Wildman–Crippen LogP) is -2.72. The van der Waals surface area contributed by atoms with Gasteiger partial charge in [-0.15, -0.1) is 0 Å². The van der Waals surface area contributed by atoms with Crippen molar-refractivity contribution in [2.75, 3.05) is 13.1 Å². The van der Waals surface area contributed by atoms with Crippen molar-refractivity contribution < 1.29 is 33.6 Å². The fourth-order valence-electron chi connectivity index (χ4n) is 5.95. The van der Waals surface area contributed by atoms with Gasteiger partial charge in [0, 0.05) is 25.7 Å². The Kier molecular flexibility index (Phi) is 11.9. The summed E-state index contributed by atoms with van der Waals surface area (Å²) in [5.41, 5.74) is 17.8. The van der Waals surface area contributed by atoms with Gasteiger partial charge in [0.05, 0.1) is 30.1 Å². The van der Waals surface area contributed by atoms with Gasteiger partial charge >= 0.3 is 7.12 Å². The number of hydrogen-bond donors (Lipinski definition) is 9. The lowest BCUT2D eigenvalue weighted by atomic mass is 9.41. The molecule has 1 aliphatic rings. The molecule has 6 atom stereocenters. The number of imidazole rings is 1. The number of guanidine groups is 1. The number of carbonyl (C=O) groups excluding carboxylic acids is 4. The highest BCUT2D eigenvalue weighted by Crippen LogP contribution is 2.50. The summed E-state index contributed by atoms with van der Waals surface area (Å²) in [5, 5.41) is 31.8. The number of rotatable bonds is 15. The number of nitrogens with two attached hydrogens (primary N) is 4. The molecule has 0 spiro atoms. The highest BCUT2D eigenvalue weighted by Gasteiger charge is 2.78. The van der Waals surface area contributed by atoms with Crippen LogP contribution in [0.1, 0.15) is 52.1 Å². The number of likely N-dealkylation sites (tertiary alicyclic amines) is 1. The number of nitrogens with zero attached hydrogens (tertiary/aromatic N) is 2. The van der Waals surface area contributed by atoms with E-state index in [9.17, 15) is 29.2 Å². The van der Waals surface area contributed by atoms with Gasteiger partial charge in [0.2, 0.25) is 5.91 Å². The quantitative estimate of drug-likeness (QED) is 0.0329. The molecule has 17 heteroatoms. The van der Waals surface area contributed by atoms with Crippen molar-refractivity contribution in [1.82, 2.24) is 20.2 Å². The minimum Gasteiger partial charge on any atom is -0.425 e. The number of hydrogen-bond acceptors (Lipinski definition) is 11. The number of Topliss-reactive ketones (excluding diaryl/α,β-unsaturated/α-hetero) is 3. The van der Waals surface area contributed by atoms with Gasteiger partial charge in [-0.05, 0) is 38.5 Å². The Bertz CT molecular complexity index is 1140. The van der Waals surface area contributed by atoms with Crippen LogP contribution in [0, 0.1) is 16.7 Å². The first-order valence-corrected chi connectivity index (χ1v) is 13.8. The lowest BCUT2D eigenvalue weighted by molar-refractivity contribution is -0.176. The van der Waals surface area contributed by atoms with E-state index in [0.29, 0.717) is 4.90 Å². The van der Waals surface area contributed by atoms with E-state index in [1.54, 1.807) is 13.8 Å². The Morgan fingerprint density at radius 3 is 2.36 bits per heavy atom. The zero-order valence-electron chi connectivity index (χ0n) is 24.2. The average molecular weight is 595 g/mol. The molecule has 1 fully saturated rings. The van der Waals surface area contributed by atoms with Crippen LogP contribution in [0.3, 0.4) is 0 Å². The van der Waals surface area contributed by atoms with Gasteiger partial charge in [0.15, 0.2) is 23.0 Å². The number of halogens is 1. The summed E-state index contributed by atoms with van der Waals surface area (Å²) in [6, 6.07) is -4.54. The molecule has 1 saturated heterocycles. The van der Waals surface area contributed by atoms with Crippen molar-refractivity contribution in [2.24, 2.45) is 34.3 Å². The van der Waals surface area contributed by atoms with Crippen molar-refractivity contribution in [2.45, 2.75) is 82.6 Å². The van der Waals surface area contributed by atoms with E-state index in [-0.39, 0.29) is 49.8 Å². The number of aromatic nitrogens is 2. The third kappa shape index (κ3) is 6.54. The third-order valence-electron chi connectivity index (χ3n) is 7.77. The van der Waals surface area contributed by atoms with Gasteiger partial charge in [-0.3, -0.25) is 24.6 Å². The van der Waals surface area contributed by atoms with Crippen LogP contribution in [0.5, 0.6) is 0 Å². The Hall–Kier alpha value is -3.25. The van der Waals surface area contributed by atoms with Crippen molar-refractivity contribution in [3.05, 3.63) is 18.2 Å². The second-order valence-electron chi connectivity index (χ2n) is 11.2. The molecule has 1 amide bonds. The zero-order valence-corrected chi connectivity index (χ0v) is 24.2. The topological polar surface area (TPSA) is 281 Å². The second-order valence-corrected chi connectivity index (χ2v) is 11.2. The van der Waals surface area contributed by atoms with Crippen LogP contribution in [0.2, 0.25) is 0 Å². The van der Waals surface area contributed by atoms with Crippen molar-refractivity contribution in [3.63, 3.8) is 0 Å². The number of ketones is 3. The summed E-state index contributed by atoms with van der Waals surface area (Å²) in [6.45, 7) is 3.89. The van der Waals surface area contributed by atoms with Crippen LogP contribution in [-0.4, -0.2) is 104 Å². The van der Waals surface area contributed by atoms with E-state index >= 15 is 4.39 Å². The van der Waals surface area contributed by atoms with E-state index in [0.717, 1.165) is 6.92 Å². The number of alkyl halides is 1. The number of aromatic amines is 1. The van der Waals surface area contributed by atoms with E-state index < -0.39 is 78.5 Å². The third-order valence-corrected chi connectivity index (χ3v) is 7.77. The van der Waals surface area contributed by atoms with Crippen LogP contribution >= 0.6 is 0 Å². The molecule has 1 aliphatic heterocycles. The number of H-pyrrole nitrogens is 1. The normalized spacial score (nSPS) is 24.5. The highest BCUT2D eigenvalue weighted by molar-refractivity contribution is 6.56. The molecule has 1 aromatic rings. The predicted molar refractivity (Wildman–Crippen MR) is 152 cm³/mol. The standard InChI is InChI=1S/C25H43BFN9O6/c1-13(2)9-17(29)21(39)25(26(41)42)24(14(3)37,20(38)18(30)10-15-11-33-12-35-15)19(27)6-8-36(25)22(40)16(28)5-4-7-34-23(31)32/h11-13,16-19,41-42H,4-10,28-30H2,1-3H3,(H,33,35)(H4,31,32,34). The Morgan fingerprint density at radius 2 is 1.86 bits per heavy atom. The van der Waals surface area contributed by atoms with Crippen LogP contribution in [-0.2, 0) is 25.6 Å². The number of nitrogens with one attached hydrogen (secondary N) is 3. The minimum atomic E-state index is -3.18. The summed E-state index contributed by atoms with van der Waals surface area (Å²) in [7, 11) is -2.93. The van der Waals surface area contributed by atoms with E-state index in [4.69, 9.17) is 28.3 Å². The van der Waals surface area contributed by atoms with E-state index in [1.165, 1.54) is 12.5 Å². The molecule has 0 saturated carbocycles. The molecule has 0 radical (unpaired) electrons. The zero-order chi connectivity index (χ0) is 32.0. The molecule has 0 bridgehead atoms. The van der Waals surface area contributed by atoms with E-state index in [1.807, 2.05) is 0 Å². The molecular formula is C25H43BFN9O6. The molecule has 234 valence electrons. The van der Waals surface area contributed by atoms with Gasteiger partial charge in [-0.2, -0.15) is 0 Å². The van der Waals surface area contributed by atoms with E-state index in [2.05, 4.69) is 15.3 Å². The molecule has 0 aliphatic carbocycles. The molecule has 13 N–H and O–H groups in total. The fourth-order valence-corrected chi connectivity index (χ4v) is 5.95. The van der Waals surface area contributed by atoms with Crippen LogP contribution in [0.4, 0.5) is 4.39 Å². The van der Waals surface area contributed by atoms with Crippen LogP contribution < -0.4 is 28.3 Å². The summed E-state index contributed by atoms with van der Waals surface area (Å²) in [4.78, 5) is 63.3. The fraction of sp³-hybridized carbons (Fsp3) is 0.680. The lowest BCUT2D eigenvalue weighted by Crippen LogP contribution is -2.85. The van der Waals surface area contributed by atoms with Crippen LogP contribution in [0.25, 0.3) is 0 Å². The Morgan fingerprint density at radius 1 is 1.21 bits per heavy atom. The van der Waals surface area contributed by atoms with Crippen molar-refractivity contribution in [1.29, 1.82) is 5.41 Å². The maximum absolute atomic E-state index is 16.4. The first kappa shape index (κ1) is 35.0. The lowest BCUT2D eigenvalue weighted by Gasteiger charge is -2.58. The molecule has 42 heavy (non-hydrogen) atoms. The molecule has 1 aromatic heterocycles. The maximum atomic E-state index is 16.4. The SMILES string of the molecule is CC(=O)C1(C(=O)C(N)Cc2c[nH]cn2)C(F)CCN(C(=O)C(N)CCCNC(=N)N)C1(B(O)O)C(=O)C(N)CC(C)C. The maximum Gasteiger partial charge on any atom is 0.488 e. The van der Waals surface area contributed by atoms with Gasteiger partial charge < -0.3 is 48.2 Å². The number of amides is 1. The smallest absolute Gasteiger partial charge is 0.425 e. The number of carbonyl (C=O) groups is 4. The monoisotopic (exact) mass is 595 g/mol. The molecule has 2 heterocycles. The van der Waals surface area contributed by atoms with Crippen molar-refractivity contribution in [3.8, 4) is 0 Å². The van der Waals surface area contributed by atoms with Gasteiger partial charge in [0.25, 0.3) is 0 Å². The Balaban J connectivity index is 2.78. The van der Waals surface area contributed by atoms with Gasteiger partial charge in [-0.1, -0.05) is 13.8 Å². The Labute approximate surface area is 244 Å². The largest absolute Gasteiger partial charge is 0.488 e. The van der Waals surface area contributed by atoms with Gasteiger partial charge in [-0.25, -0.2) is 9.37 Å². The first-order chi connectivity index (χ1) is 19.6. The second kappa shape index (κ2) is 14.3. The van der Waals surface area contributed by atoms with Gasteiger partial charge in [0.1, 0.15) is 17.4 Å². The molecule has 15 nitrogen and oxygen atoms in total. The number of piperidine rings is 1. The first-order valence-electron chi connectivity index (χ1n) is 13.8. The highest BCUT2D eigenvalue weighted by atomic mass is 19.1. The minimum absolute atomic E-state index is 0.0296. The summed E-state index contributed by atoms with van der Waals surface area (Å²) in [5.74, 6) is -5.35. The molecular weight excluding hydrogens is 552 g/mol. The average Bonchev–Trinajstić information content (AvgIpc) is 3.41. The molecule has 6 unspecified atom stereocenters.